The lowest BCUT2D eigenvalue weighted by molar-refractivity contribution is 0.298. The molecule has 9 nitrogen and oxygen atoms in total. The standard InChI is InChI=1S/C16H19N7O2/c1-24-12-7-11(23-6-2-5-20-23)4-3-10(12)9-25-13-8-14(17)21-16(22-19)15(13)18/h2-8H,9,18-19H2,1H3,(H3,17,21,22). The molecule has 9 heteroatoms. The Labute approximate surface area is 144 Å². The first-order chi connectivity index (χ1) is 12.1. The summed E-state index contributed by atoms with van der Waals surface area (Å²) in [6.45, 7) is 0.236. The molecule has 1 aromatic carbocycles. The number of hydrazine groups is 1. The number of rotatable bonds is 6. The number of nitrogen functional groups attached to an aromatic ring is 3. The minimum Gasteiger partial charge on any atom is -0.496 e. The van der Waals surface area contributed by atoms with E-state index in [4.69, 9.17) is 26.8 Å². The highest BCUT2D eigenvalue weighted by Crippen LogP contribution is 2.31. The van der Waals surface area contributed by atoms with Gasteiger partial charge in [0.25, 0.3) is 0 Å². The lowest BCUT2D eigenvalue weighted by Gasteiger charge is -2.15. The van der Waals surface area contributed by atoms with Crippen LogP contribution in [-0.2, 0) is 6.61 Å². The van der Waals surface area contributed by atoms with Crippen molar-refractivity contribution in [3.8, 4) is 17.2 Å². The van der Waals surface area contributed by atoms with E-state index in [-0.39, 0.29) is 23.9 Å². The van der Waals surface area contributed by atoms with Crippen LogP contribution in [0, 0.1) is 0 Å². The molecule has 0 saturated carbocycles. The molecule has 0 saturated heterocycles. The summed E-state index contributed by atoms with van der Waals surface area (Å²) in [6.07, 6.45) is 3.57. The molecule has 0 amide bonds. The third-order valence-corrected chi connectivity index (χ3v) is 3.60. The number of methoxy groups -OCH3 is 1. The van der Waals surface area contributed by atoms with Crippen molar-refractivity contribution in [1.82, 2.24) is 14.8 Å². The van der Waals surface area contributed by atoms with Crippen LogP contribution < -0.4 is 32.2 Å². The lowest BCUT2D eigenvalue weighted by atomic mass is 10.2. The third-order valence-electron chi connectivity index (χ3n) is 3.60. The Kier molecular flexibility index (Phi) is 4.57. The number of aromatic nitrogens is 3. The maximum absolute atomic E-state index is 5.96. The number of benzene rings is 1. The normalized spacial score (nSPS) is 10.5. The number of anilines is 3. The Morgan fingerprint density at radius 3 is 2.72 bits per heavy atom. The van der Waals surface area contributed by atoms with Gasteiger partial charge in [0.1, 0.15) is 29.6 Å². The Bertz CT molecular complexity index is 865. The summed E-state index contributed by atoms with van der Waals surface area (Å²) >= 11 is 0. The summed E-state index contributed by atoms with van der Waals surface area (Å²) in [5, 5.41) is 4.20. The predicted octanol–water partition coefficient (Wildman–Crippen LogP) is 1.30. The fourth-order valence-electron chi connectivity index (χ4n) is 2.35. The summed E-state index contributed by atoms with van der Waals surface area (Å²) in [7, 11) is 1.60. The number of nitrogens with two attached hydrogens (primary N) is 3. The van der Waals surface area contributed by atoms with Gasteiger partial charge < -0.3 is 26.4 Å². The maximum atomic E-state index is 5.96. The number of hydrogen-bond donors (Lipinski definition) is 4. The van der Waals surface area contributed by atoms with Crippen LogP contribution in [0.4, 0.5) is 17.3 Å². The largest absolute Gasteiger partial charge is 0.496 e. The Balaban J connectivity index is 1.83. The fourth-order valence-corrected chi connectivity index (χ4v) is 2.35. The average molecular weight is 341 g/mol. The third kappa shape index (κ3) is 3.40. The summed E-state index contributed by atoms with van der Waals surface area (Å²) in [5.41, 5.74) is 16.1. The smallest absolute Gasteiger partial charge is 0.169 e. The zero-order valence-electron chi connectivity index (χ0n) is 13.6. The molecular formula is C16H19N7O2. The van der Waals surface area contributed by atoms with Crippen LogP contribution in [0.1, 0.15) is 5.56 Å². The molecule has 3 aromatic rings. The second-order valence-electron chi connectivity index (χ2n) is 5.19. The van der Waals surface area contributed by atoms with Gasteiger partial charge in [0.2, 0.25) is 0 Å². The van der Waals surface area contributed by atoms with Crippen molar-refractivity contribution in [1.29, 1.82) is 0 Å². The van der Waals surface area contributed by atoms with E-state index in [0.717, 1.165) is 11.3 Å². The first-order valence-electron chi connectivity index (χ1n) is 7.44. The molecule has 0 fully saturated rings. The van der Waals surface area contributed by atoms with Gasteiger partial charge in [-0.3, -0.25) is 0 Å². The predicted molar refractivity (Wildman–Crippen MR) is 95.3 cm³/mol. The number of hydrogen-bond acceptors (Lipinski definition) is 8. The van der Waals surface area contributed by atoms with E-state index < -0.39 is 0 Å². The molecule has 25 heavy (non-hydrogen) atoms. The van der Waals surface area contributed by atoms with Crippen molar-refractivity contribution in [2.45, 2.75) is 6.61 Å². The van der Waals surface area contributed by atoms with Gasteiger partial charge in [-0.1, -0.05) is 0 Å². The van der Waals surface area contributed by atoms with E-state index in [0.29, 0.717) is 11.5 Å². The summed E-state index contributed by atoms with van der Waals surface area (Å²) in [4.78, 5) is 3.98. The van der Waals surface area contributed by atoms with Crippen LogP contribution in [0.25, 0.3) is 5.69 Å². The van der Waals surface area contributed by atoms with Crippen molar-refractivity contribution in [2.75, 3.05) is 24.0 Å². The fraction of sp³-hybridized carbons (Fsp3) is 0.125. The van der Waals surface area contributed by atoms with E-state index in [1.54, 1.807) is 24.1 Å². The van der Waals surface area contributed by atoms with Gasteiger partial charge in [0.15, 0.2) is 5.82 Å². The maximum Gasteiger partial charge on any atom is 0.169 e. The monoisotopic (exact) mass is 341 g/mol. The molecule has 0 bridgehead atoms. The Morgan fingerprint density at radius 2 is 2.04 bits per heavy atom. The molecule has 0 aliphatic carbocycles. The van der Waals surface area contributed by atoms with Crippen molar-refractivity contribution < 1.29 is 9.47 Å². The molecule has 0 radical (unpaired) electrons. The van der Waals surface area contributed by atoms with Crippen molar-refractivity contribution in [3.63, 3.8) is 0 Å². The quantitative estimate of drug-likeness (QED) is 0.389. The van der Waals surface area contributed by atoms with Gasteiger partial charge in [-0.25, -0.2) is 15.5 Å². The first-order valence-corrected chi connectivity index (χ1v) is 7.44. The number of ether oxygens (including phenoxy) is 2. The molecule has 0 spiro atoms. The number of nitrogens with one attached hydrogen (secondary N) is 1. The number of nitrogens with zero attached hydrogens (tertiary/aromatic N) is 3. The highest BCUT2D eigenvalue weighted by atomic mass is 16.5. The summed E-state index contributed by atoms with van der Waals surface area (Å²) in [5.74, 6) is 6.94. The second-order valence-corrected chi connectivity index (χ2v) is 5.19. The van der Waals surface area contributed by atoms with Crippen LogP contribution >= 0.6 is 0 Å². The summed E-state index contributed by atoms with van der Waals surface area (Å²) in [6, 6.07) is 9.09. The van der Waals surface area contributed by atoms with Crippen molar-refractivity contribution >= 4 is 17.3 Å². The van der Waals surface area contributed by atoms with Crippen LogP contribution in [0.2, 0.25) is 0 Å². The van der Waals surface area contributed by atoms with E-state index in [1.165, 1.54) is 0 Å². The Morgan fingerprint density at radius 1 is 1.20 bits per heavy atom. The highest BCUT2D eigenvalue weighted by molar-refractivity contribution is 5.71. The van der Waals surface area contributed by atoms with E-state index >= 15 is 0 Å². The molecular weight excluding hydrogens is 322 g/mol. The van der Waals surface area contributed by atoms with Crippen molar-refractivity contribution in [3.05, 3.63) is 48.3 Å². The minimum absolute atomic E-state index is 0.236. The molecule has 2 heterocycles. The van der Waals surface area contributed by atoms with Gasteiger partial charge in [0, 0.05) is 30.1 Å². The Hall–Kier alpha value is -3.46. The molecule has 0 atom stereocenters. The van der Waals surface area contributed by atoms with Crippen LogP contribution in [0.5, 0.6) is 11.5 Å². The molecule has 0 unspecified atom stereocenters. The SMILES string of the molecule is COc1cc(-n2cccn2)ccc1COc1cc(N)nc(NN)c1N. The average Bonchev–Trinajstić information content (AvgIpc) is 3.16. The van der Waals surface area contributed by atoms with Gasteiger partial charge in [-0.15, -0.1) is 0 Å². The molecule has 0 aliphatic heterocycles. The zero-order chi connectivity index (χ0) is 17.8. The van der Waals surface area contributed by atoms with E-state index in [2.05, 4.69) is 15.5 Å². The molecule has 3 rings (SSSR count). The van der Waals surface area contributed by atoms with Gasteiger partial charge in [-0.2, -0.15) is 5.10 Å². The second kappa shape index (κ2) is 6.97. The molecule has 2 aromatic heterocycles. The van der Waals surface area contributed by atoms with Crippen molar-refractivity contribution in [2.24, 2.45) is 5.84 Å². The van der Waals surface area contributed by atoms with Crippen LogP contribution in [-0.4, -0.2) is 21.9 Å². The van der Waals surface area contributed by atoms with Crippen LogP contribution in [0.15, 0.2) is 42.7 Å². The van der Waals surface area contributed by atoms with Gasteiger partial charge in [-0.05, 0) is 18.2 Å². The minimum atomic E-state index is 0.236. The van der Waals surface area contributed by atoms with Gasteiger partial charge in [0.05, 0.1) is 12.8 Å². The molecule has 130 valence electrons. The highest BCUT2D eigenvalue weighted by Gasteiger charge is 2.12. The summed E-state index contributed by atoms with van der Waals surface area (Å²) < 4.78 is 13.0. The number of pyridine rings is 1. The first kappa shape index (κ1) is 16.4. The topological polar surface area (TPSA) is 139 Å². The molecule has 0 aliphatic rings. The lowest BCUT2D eigenvalue weighted by Crippen LogP contribution is -2.13. The van der Waals surface area contributed by atoms with E-state index in [9.17, 15) is 0 Å². The zero-order valence-corrected chi connectivity index (χ0v) is 13.6. The van der Waals surface area contributed by atoms with E-state index in [1.807, 2.05) is 30.5 Å². The molecule has 7 N–H and O–H groups in total. The van der Waals surface area contributed by atoms with Gasteiger partial charge >= 0.3 is 0 Å². The van der Waals surface area contributed by atoms with Crippen LogP contribution in [0.3, 0.4) is 0 Å².